The molecule has 0 spiro atoms. The maximum atomic E-state index is 15.4. The van der Waals surface area contributed by atoms with Crippen molar-refractivity contribution in [3.8, 4) is 0 Å². The molecule has 36 heavy (non-hydrogen) atoms. The molecule has 4 rings (SSSR count). The molecule has 190 valence electrons. The van der Waals surface area contributed by atoms with E-state index in [1.165, 1.54) is 0 Å². The fraction of sp³-hybridized carbons (Fsp3) is 0.345. The summed E-state index contributed by atoms with van der Waals surface area (Å²) in [5, 5.41) is 0. The number of hydrogen-bond acceptors (Lipinski definition) is 6. The molecule has 3 aromatic rings. The lowest BCUT2D eigenvalue weighted by atomic mass is 9.98. The standard InChI is InChI=1S/C29H31FO6/c1-21(31)35-28-27(34-19-24-15-9-4-10-16-24)26(33-18-23-13-7-3-8-14-23)25(36-29(28)30)20-32-17-22-11-5-2-6-12-22/h2-16,25-29H,17-20H2,1H3/t25-,26-,27+,28-,29?/m1/s1/i17D,18D,19D/t17?,18?,19?,25-,26-,27+,28-,29?. The molecule has 4 unspecified atom stereocenters. The summed E-state index contributed by atoms with van der Waals surface area (Å²) in [5.74, 6) is -0.768. The summed E-state index contributed by atoms with van der Waals surface area (Å²) in [7, 11) is 0. The third kappa shape index (κ3) is 7.45. The highest BCUT2D eigenvalue weighted by Crippen LogP contribution is 2.31. The highest BCUT2D eigenvalue weighted by Gasteiger charge is 2.50. The van der Waals surface area contributed by atoms with Gasteiger partial charge in [0.1, 0.15) is 18.3 Å². The lowest BCUT2D eigenvalue weighted by Gasteiger charge is -2.43. The van der Waals surface area contributed by atoms with Crippen molar-refractivity contribution in [2.75, 3.05) is 6.61 Å². The predicted octanol–water partition coefficient (Wildman–Crippen LogP) is 5.00. The summed E-state index contributed by atoms with van der Waals surface area (Å²) in [6.45, 7) is -2.75. The van der Waals surface area contributed by atoms with E-state index in [1.54, 1.807) is 84.9 Å². The number of alkyl halides is 1. The van der Waals surface area contributed by atoms with Gasteiger partial charge >= 0.3 is 5.97 Å². The number of carbonyl (C=O) groups excluding carboxylic acids is 1. The maximum absolute atomic E-state index is 15.4. The van der Waals surface area contributed by atoms with Crippen LogP contribution >= 0.6 is 0 Å². The van der Waals surface area contributed by atoms with E-state index in [2.05, 4.69) is 0 Å². The molecular formula is C29H31FO6. The minimum absolute atomic E-state index is 0.281. The van der Waals surface area contributed by atoms with E-state index in [4.69, 9.17) is 27.8 Å². The van der Waals surface area contributed by atoms with Gasteiger partial charge in [0.15, 0.2) is 6.10 Å². The Morgan fingerprint density at radius 1 is 0.778 bits per heavy atom. The van der Waals surface area contributed by atoms with Crippen molar-refractivity contribution in [2.45, 2.75) is 57.4 Å². The van der Waals surface area contributed by atoms with Crippen molar-refractivity contribution in [2.24, 2.45) is 0 Å². The molecule has 1 aliphatic rings. The van der Waals surface area contributed by atoms with Gasteiger partial charge in [0.05, 0.1) is 30.5 Å². The molecule has 3 aromatic carbocycles. The second kappa shape index (κ2) is 13.3. The van der Waals surface area contributed by atoms with Gasteiger partial charge < -0.3 is 23.7 Å². The molecule has 6 nitrogen and oxygen atoms in total. The van der Waals surface area contributed by atoms with Crippen LogP contribution in [0.25, 0.3) is 0 Å². The first-order chi connectivity index (χ1) is 18.8. The number of hydrogen-bond donors (Lipinski definition) is 0. The summed E-state index contributed by atoms with van der Waals surface area (Å²) in [4.78, 5) is 11.9. The number of ether oxygens (including phenoxy) is 5. The topological polar surface area (TPSA) is 63.2 Å². The normalized spacial score (nSPS) is 27.6. The van der Waals surface area contributed by atoms with Crippen molar-refractivity contribution < 1.29 is 37.0 Å². The second-order valence-electron chi connectivity index (χ2n) is 8.22. The smallest absolute Gasteiger partial charge is 0.303 e. The average molecular weight is 498 g/mol. The molecule has 0 saturated carbocycles. The fourth-order valence-electron chi connectivity index (χ4n) is 3.78. The van der Waals surface area contributed by atoms with E-state index in [9.17, 15) is 4.79 Å². The van der Waals surface area contributed by atoms with E-state index in [-0.39, 0.29) is 6.61 Å². The van der Waals surface area contributed by atoms with Crippen molar-refractivity contribution in [1.29, 1.82) is 0 Å². The highest BCUT2D eigenvalue weighted by atomic mass is 19.1. The largest absolute Gasteiger partial charge is 0.454 e. The zero-order valence-corrected chi connectivity index (χ0v) is 19.8. The zero-order valence-electron chi connectivity index (χ0n) is 22.8. The molecular weight excluding hydrogens is 463 g/mol. The minimum Gasteiger partial charge on any atom is -0.454 e. The third-order valence-corrected chi connectivity index (χ3v) is 5.48. The number of rotatable bonds is 11. The highest BCUT2D eigenvalue weighted by molar-refractivity contribution is 5.66. The lowest BCUT2D eigenvalue weighted by Crippen LogP contribution is -2.60. The minimum atomic E-state index is -2.13. The molecule has 0 bridgehead atoms. The molecule has 0 radical (unpaired) electrons. The molecule has 0 aromatic heterocycles. The predicted molar refractivity (Wildman–Crippen MR) is 131 cm³/mol. The van der Waals surface area contributed by atoms with Crippen molar-refractivity contribution in [3.63, 3.8) is 0 Å². The van der Waals surface area contributed by atoms with Crippen LogP contribution in [0.5, 0.6) is 0 Å². The average Bonchev–Trinajstić information content (AvgIpc) is 2.96. The first kappa shape index (κ1) is 22.1. The Morgan fingerprint density at radius 2 is 1.25 bits per heavy atom. The van der Waals surface area contributed by atoms with Gasteiger partial charge in [0, 0.05) is 6.92 Å². The number of benzene rings is 3. The molecule has 7 heteroatoms. The van der Waals surface area contributed by atoms with Gasteiger partial charge in [-0.1, -0.05) is 91.0 Å². The van der Waals surface area contributed by atoms with Crippen LogP contribution in [0.4, 0.5) is 4.39 Å². The van der Waals surface area contributed by atoms with E-state index in [0.717, 1.165) is 6.92 Å². The summed E-state index contributed by atoms with van der Waals surface area (Å²) in [6.07, 6.45) is -7.36. The van der Waals surface area contributed by atoms with Crippen molar-refractivity contribution in [1.82, 2.24) is 0 Å². The van der Waals surface area contributed by atoms with Gasteiger partial charge in [0.25, 0.3) is 0 Å². The Bertz CT molecular complexity index is 1160. The van der Waals surface area contributed by atoms with Crippen molar-refractivity contribution in [3.05, 3.63) is 108 Å². The van der Waals surface area contributed by atoms with E-state index in [1.807, 2.05) is 6.07 Å². The Hall–Kier alpha value is -3.10. The first-order valence-electron chi connectivity index (χ1n) is 13.4. The van der Waals surface area contributed by atoms with Gasteiger partial charge in [-0.25, -0.2) is 4.39 Å². The summed E-state index contributed by atoms with van der Waals surface area (Å²) >= 11 is 0. The van der Waals surface area contributed by atoms with Crippen LogP contribution in [0.1, 0.15) is 27.7 Å². The van der Waals surface area contributed by atoms with E-state index < -0.39 is 56.5 Å². The lowest BCUT2D eigenvalue weighted by molar-refractivity contribution is -0.291. The van der Waals surface area contributed by atoms with Crippen LogP contribution in [0.15, 0.2) is 91.0 Å². The molecule has 0 amide bonds. The Kier molecular flexibility index (Phi) is 8.16. The van der Waals surface area contributed by atoms with Crippen LogP contribution in [0, 0.1) is 0 Å². The number of carbonyl (C=O) groups is 1. The third-order valence-electron chi connectivity index (χ3n) is 5.48. The quantitative estimate of drug-likeness (QED) is 0.348. The number of halogens is 1. The number of esters is 1. The van der Waals surface area contributed by atoms with Gasteiger partial charge in [0.2, 0.25) is 6.36 Å². The molecule has 1 saturated heterocycles. The van der Waals surface area contributed by atoms with Gasteiger partial charge in [-0.05, 0) is 16.7 Å². The monoisotopic (exact) mass is 497 g/mol. The summed E-state index contributed by atoms with van der Waals surface area (Å²) in [5.41, 5.74) is 1.61. The van der Waals surface area contributed by atoms with Crippen LogP contribution in [0.3, 0.4) is 0 Å². The fourth-order valence-corrected chi connectivity index (χ4v) is 3.78. The van der Waals surface area contributed by atoms with Crippen LogP contribution in [0.2, 0.25) is 0 Å². The van der Waals surface area contributed by atoms with Gasteiger partial charge in [-0.3, -0.25) is 4.79 Å². The Balaban J connectivity index is 1.63. The van der Waals surface area contributed by atoms with E-state index in [0.29, 0.717) is 16.7 Å². The molecule has 8 atom stereocenters. The van der Waals surface area contributed by atoms with Crippen LogP contribution in [-0.2, 0) is 48.2 Å². The Morgan fingerprint density at radius 3 is 1.75 bits per heavy atom. The van der Waals surface area contributed by atoms with Gasteiger partial charge in [-0.15, -0.1) is 0 Å². The van der Waals surface area contributed by atoms with Crippen molar-refractivity contribution >= 4 is 5.97 Å². The Labute approximate surface area is 215 Å². The zero-order chi connectivity index (χ0) is 27.8. The first-order valence-corrected chi connectivity index (χ1v) is 11.6. The maximum Gasteiger partial charge on any atom is 0.303 e. The SMILES string of the molecule is [2H]C(OC[C@H]1OC(F)[C@H](OC(C)=O)[C@@H](OC([2H])c2ccccc2)[C@@H]1OC([2H])c1ccccc1)c1ccccc1. The molecule has 0 aliphatic carbocycles. The molecule has 1 fully saturated rings. The summed E-state index contributed by atoms with van der Waals surface area (Å²) in [6, 6.07) is 26.2. The molecule has 0 N–H and O–H groups in total. The second-order valence-corrected chi connectivity index (χ2v) is 8.22. The molecule has 1 heterocycles. The van der Waals surface area contributed by atoms with E-state index >= 15 is 4.39 Å². The van der Waals surface area contributed by atoms with Gasteiger partial charge in [-0.2, -0.15) is 0 Å². The van der Waals surface area contributed by atoms with Crippen LogP contribution < -0.4 is 0 Å². The molecule has 1 aliphatic heterocycles. The summed E-state index contributed by atoms with van der Waals surface area (Å²) < 4.78 is 69.5. The van der Waals surface area contributed by atoms with Crippen LogP contribution in [-0.4, -0.2) is 43.3 Å².